The smallest absolute Gasteiger partial charge is 0.0125 e. The van der Waals surface area contributed by atoms with Crippen molar-refractivity contribution in [2.24, 2.45) is 56.7 Å². The molecule has 0 N–H and O–H groups in total. The van der Waals surface area contributed by atoms with Crippen molar-refractivity contribution in [1.82, 2.24) is 14.7 Å². The van der Waals surface area contributed by atoms with E-state index in [0.717, 1.165) is 29.6 Å². The summed E-state index contributed by atoms with van der Waals surface area (Å²) in [5, 5.41) is 0. The van der Waals surface area contributed by atoms with Crippen LogP contribution in [0.3, 0.4) is 0 Å². The van der Waals surface area contributed by atoms with Gasteiger partial charge in [-0.2, -0.15) is 0 Å². The van der Waals surface area contributed by atoms with Crippen molar-refractivity contribution < 1.29 is 0 Å². The maximum atomic E-state index is 2.62. The number of nitrogens with zero attached hydrogens (tertiary/aromatic N) is 3. The Morgan fingerprint density at radius 1 is 0.315 bits per heavy atom. The molecule has 324 valence electrons. The Morgan fingerprint density at radius 3 is 0.889 bits per heavy atom. The number of hydrogen-bond donors (Lipinski definition) is 0. The number of likely N-dealkylation sites (tertiary alicyclic amines) is 3. The maximum Gasteiger partial charge on any atom is 0.0125 e. The van der Waals surface area contributed by atoms with Gasteiger partial charge in [0.2, 0.25) is 0 Å². The van der Waals surface area contributed by atoms with Crippen LogP contribution < -0.4 is 0 Å². The zero-order chi connectivity index (χ0) is 42.5. The maximum absolute atomic E-state index is 2.62. The summed E-state index contributed by atoms with van der Waals surface area (Å²) in [5.41, 5.74) is 3.66. The van der Waals surface area contributed by atoms with Crippen LogP contribution in [-0.4, -0.2) is 70.6 Å². The number of hydrogen-bond acceptors (Lipinski definition) is 3. The van der Waals surface area contributed by atoms with E-state index in [1.54, 1.807) is 0 Å². The fraction of sp³-hybridized carbons (Fsp3) is 1.00. The third kappa shape index (κ3) is 19.1. The van der Waals surface area contributed by atoms with E-state index >= 15 is 0 Å². The van der Waals surface area contributed by atoms with Gasteiger partial charge in [0.05, 0.1) is 0 Å². The van der Waals surface area contributed by atoms with Crippen molar-refractivity contribution in [2.75, 3.05) is 39.3 Å². The first-order chi connectivity index (χ1) is 23.8. The van der Waals surface area contributed by atoms with Crippen LogP contribution in [-0.2, 0) is 0 Å². The molecule has 4 rings (SSSR count). The molecule has 0 bridgehead atoms. The van der Waals surface area contributed by atoms with Crippen LogP contribution in [0.4, 0.5) is 0 Å². The van der Waals surface area contributed by atoms with Gasteiger partial charge < -0.3 is 0 Å². The standard InChI is InChI=1S/C15H30.C13H27N.C12H25N.C11H23N/c1-14(2,3)11-12-7-9-13(10-8-12)15(4,5)6;1-12(2,3)11-7-9-14(10-8-11)13(4,5)6;1-11(2,3)10-7-8-13(9-10)12(4,5)6;1-10(2,3)9-7-12(8-9)11(4,5)6/h12-13H,7-11H2,1-6H3;11H,7-10H2,1-6H3;10H,7-9H2,1-6H3;9H,7-8H2,1-6H3. The molecular formula is C51H105N3. The number of rotatable bonds is 1. The van der Waals surface area contributed by atoms with Crippen molar-refractivity contribution in [3.05, 3.63) is 0 Å². The first kappa shape index (κ1) is 51.9. The highest BCUT2D eigenvalue weighted by Gasteiger charge is 2.40. The van der Waals surface area contributed by atoms with Gasteiger partial charge in [0.25, 0.3) is 0 Å². The summed E-state index contributed by atoms with van der Waals surface area (Å²) >= 11 is 0. The van der Waals surface area contributed by atoms with Gasteiger partial charge in [0, 0.05) is 36.3 Å². The molecule has 3 saturated heterocycles. The van der Waals surface area contributed by atoms with Crippen LogP contribution in [0, 0.1) is 56.7 Å². The molecule has 0 aromatic carbocycles. The molecule has 0 aromatic rings. The highest BCUT2D eigenvalue weighted by molar-refractivity contribution is 4.94. The van der Waals surface area contributed by atoms with Gasteiger partial charge in [-0.15, -0.1) is 0 Å². The molecule has 0 spiro atoms. The minimum absolute atomic E-state index is 0.361. The second-order valence-corrected chi connectivity index (χ2v) is 27.3. The quantitative estimate of drug-likeness (QED) is 0.264. The zero-order valence-electron chi connectivity index (χ0n) is 42.1. The number of piperidine rings is 1. The first-order valence-electron chi connectivity index (χ1n) is 23.1. The van der Waals surface area contributed by atoms with E-state index in [1.807, 2.05) is 0 Å². The Hall–Kier alpha value is -0.120. The van der Waals surface area contributed by atoms with Gasteiger partial charge in [0.1, 0.15) is 0 Å². The fourth-order valence-corrected chi connectivity index (χ4v) is 9.17. The van der Waals surface area contributed by atoms with E-state index in [-0.39, 0.29) is 0 Å². The van der Waals surface area contributed by atoms with Gasteiger partial charge in [-0.25, -0.2) is 0 Å². The molecule has 3 nitrogen and oxygen atoms in total. The average Bonchev–Trinajstić information content (AvgIpc) is 3.42. The highest BCUT2D eigenvalue weighted by atomic mass is 15.2. The summed E-state index contributed by atoms with van der Waals surface area (Å²) in [6.45, 7) is 64.1. The van der Waals surface area contributed by atoms with Crippen molar-refractivity contribution in [2.45, 2.75) is 234 Å². The van der Waals surface area contributed by atoms with Crippen LogP contribution in [0.25, 0.3) is 0 Å². The SMILES string of the molecule is CC(C)(C)C1CCN(C(C)(C)C)C1.CC(C)(C)C1CCN(C(C)(C)C)CC1.CC(C)(C)C1CN(C(C)(C)C)C1.CC(C)(C)CC1CCC(C(C)(C)C)CC1. The molecule has 1 unspecified atom stereocenters. The third-order valence-corrected chi connectivity index (χ3v) is 14.1. The van der Waals surface area contributed by atoms with Crippen molar-refractivity contribution >= 4 is 0 Å². The topological polar surface area (TPSA) is 9.72 Å². The van der Waals surface area contributed by atoms with E-state index < -0.39 is 0 Å². The van der Waals surface area contributed by atoms with Gasteiger partial charge in [-0.1, -0.05) is 117 Å². The van der Waals surface area contributed by atoms with E-state index in [2.05, 4.69) is 181 Å². The molecule has 4 fully saturated rings. The van der Waals surface area contributed by atoms with Crippen molar-refractivity contribution in [3.8, 4) is 0 Å². The molecule has 1 saturated carbocycles. The lowest BCUT2D eigenvalue weighted by Gasteiger charge is -2.52. The summed E-state index contributed by atoms with van der Waals surface area (Å²) in [6, 6.07) is 0. The van der Waals surface area contributed by atoms with Gasteiger partial charge in [-0.05, 0) is 177 Å². The monoisotopic (exact) mass is 760 g/mol. The summed E-state index contributed by atoms with van der Waals surface area (Å²) in [5.74, 6) is 4.67. The molecule has 4 aliphatic rings. The summed E-state index contributed by atoms with van der Waals surface area (Å²) < 4.78 is 0. The molecule has 0 amide bonds. The van der Waals surface area contributed by atoms with Crippen LogP contribution in [0.15, 0.2) is 0 Å². The Morgan fingerprint density at radius 2 is 0.611 bits per heavy atom. The van der Waals surface area contributed by atoms with Crippen LogP contribution in [0.1, 0.15) is 218 Å². The molecule has 0 aromatic heterocycles. The molecule has 3 aliphatic heterocycles. The molecule has 3 heteroatoms. The molecule has 3 heterocycles. The normalized spacial score (nSPS) is 25.4. The van der Waals surface area contributed by atoms with Gasteiger partial charge >= 0.3 is 0 Å². The first-order valence-corrected chi connectivity index (χ1v) is 23.1. The van der Waals surface area contributed by atoms with Crippen LogP contribution in [0.5, 0.6) is 0 Å². The molecule has 54 heavy (non-hydrogen) atoms. The second-order valence-electron chi connectivity index (χ2n) is 27.3. The van der Waals surface area contributed by atoms with E-state index in [9.17, 15) is 0 Å². The lowest BCUT2D eigenvalue weighted by Crippen LogP contribution is -2.59. The van der Waals surface area contributed by atoms with E-state index in [4.69, 9.17) is 0 Å². The van der Waals surface area contributed by atoms with E-state index in [0.29, 0.717) is 43.7 Å². The fourth-order valence-electron chi connectivity index (χ4n) is 9.17. The zero-order valence-corrected chi connectivity index (χ0v) is 42.1. The van der Waals surface area contributed by atoms with Gasteiger partial charge in [-0.3, -0.25) is 14.7 Å². The Balaban J connectivity index is 0.000000361. The van der Waals surface area contributed by atoms with Crippen molar-refractivity contribution in [1.29, 1.82) is 0 Å². The highest BCUT2D eigenvalue weighted by Crippen LogP contribution is 2.43. The predicted octanol–water partition coefficient (Wildman–Crippen LogP) is 14.7. The Labute approximate surface area is 343 Å². The summed E-state index contributed by atoms with van der Waals surface area (Å²) in [7, 11) is 0. The molecule has 1 aliphatic carbocycles. The third-order valence-electron chi connectivity index (χ3n) is 14.1. The summed E-state index contributed by atoms with van der Waals surface area (Å²) in [4.78, 5) is 7.79. The lowest BCUT2D eigenvalue weighted by atomic mass is 9.67. The Kier molecular flexibility index (Phi) is 18.5. The minimum Gasteiger partial charge on any atom is -0.298 e. The minimum atomic E-state index is 0.361. The molecule has 0 radical (unpaired) electrons. The summed E-state index contributed by atoms with van der Waals surface area (Å²) in [6.07, 6.45) is 11.4. The second kappa shape index (κ2) is 19.3. The largest absolute Gasteiger partial charge is 0.298 e. The average molecular weight is 760 g/mol. The van der Waals surface area contributed by atoms with Gasteiger partial charge in [0.15, 0.2) is 0 Å². The van der Waals surface area contributed by atoms with E-state index in [1.165, 1.54) is 90.6 Å². The predicted molar refractivity (Wildman–Crippen MR) is 246 cm³/mol. The van der Waals surface area contributed by atoms with Crippen LogP contribution in [0.2, 0.25) is 0 Å². The Bertz CT molecular complexity index is 964. The van der Waals surface area contributed by atoms with Crippen molar-refractivity contribution in [3.63, 3.8) is 0 Å². The lowest BCUT2D eigenvalue weighted by molar-refractivity contribution is -0.0345. The van der Waals surface area contributed by atoms with Crippen LogP contribution >= 0.6 is 0 Å². The molecule has 1 atom stereocenters. The molecular weight excluding hydrogens is 655 g/mol.